The van der Waals surface area contributed by atoms with Gasteiger partial charge in [0, 0.05) is 49.5 Å². The van der Waals surface area contributed by atoms with Crippen molar-refractivity contribution in [2.24, 2.45) is 0 Å². The van der Waals surface area contributed by atoms with Gasteiger partial charge in [-0.25, -0.2) is 19.9 Å². The molecule has 0 saturated carbocycles. The van der Waals surface area contributed by atoms with Crippen molar-refractivity contribution in [3.63, 3.8) is 0 Å². The Bertz CT molecular complexity index is 1120. The SMILES string of the molecule is c1ccc2c(-c3ccnc(N4CCNCC4)c3)nc(Nc3ccncn3)cc2c1. The molecule has 0 spiro atoms. The molecule has 0 radical (unpaired) electrons. The van der Waals surface area contributed by atoms with Crippen molar-refractivity contribution in [1.29, 1.82) is 0 Å². The van der Waals surface area contributed by atoms with Crippen LogP contribution in [0, 0.1) is 0 Å². The fourth-order valence-electron chi connectivity index (χ4n) is 3.61. The summed E-state index contributed by atoms with van der Waals surface area (Å²) in [6, 6.07) is 16.3. The fraction of sp³-hybridized carbons (Fsp3) is 0.182. The molecule has 0 aliphatic carbocycles. The van der Waals surface area contributed by atoms with Gasteiger partial charge in [0.25, 0.3) is 0 Å². The van der Waals surface area contributed by atoms with Crippen LogP contribution in [0.2, 0.25) is 0 Å². The number of anilines is 3. The Morgan fingerprint density at radius 3 is 2.66 bits per heavy atom. The quantitative estimate of drug-likeness (QED) is 0.560. The lowest BCUT2D eigenvalue weighted by atomic mass is 10.0. The molecular weight excluding hydrogens is 362 g/mol. The molecule has 1 aromatic carbocycles. The Kier molecular flexibility index (Phi) is 4.72. The molecule has 29 heavy (non-hydrogen) atoms. The van der Waals surface area contributed by atoms with Gasteiger partial charge in [-0.1, -0.05) is 24.3 Å². The van der Waals surface area contributed by atoms with Gasteiger partial charge in [-0.05, 0) is 29.7 Å². The number of benzene rings is 1. The summed E-state index contributed by atoms with van der Waals surface area (Å²) in [7, 11) is 0. The summed E-state index contributed by atoms with van der Waals surface area (Å²) in [5.41, 5.74) is 1.98. The van der Waals surface area contributed by atoms with Crippen LogP contribution in [0.1, 0.15) is 0 Å². The molecule has 4 aromatic rings. The lowest BCUT2D eigenvalue weighted by Gasteiger charge is -2.28. The summed E-state index contributed by atoms with van der Waals surface area (Å²) in [5, 5.41) is 8.90. The normalized spacial score (nSPS) is 14.1. The van der Waals surface area contributed by atoms with Gasteiger partial charge >= 0.3 is 0 Å². The van der Waals surface area contributed by atoms with E-state index in [-0.39, 0.29) is 0 Å². The Labute approximate surface area is 168 Å². The number of nitrogens with zero attached hydrogens (tertiary/aromatic N) is 5. The van der Waals surface area contributed by atoms with Gasteiger partial charge in [0.05, 0.1) is 5.69 Å². The van der Waals surface area contributed by atoms with Crippen LogP contribution in [0.3, 0.4) is 0 Å². The van der Waals surface area contributed by atoms with Crippen molar-refractivity contribution in [3.8, 4) is 11.3 Å². The first kappa shape index (κ1) is 17.5. The number of hydrogen-bond donors (Lipinski definition) is 2. The van der Waals surface area contributed by atoms with Crippen LogP contribution < -0.4 is 15.5 Å². The van der Waals surface area contributed by atoms with E-state index in [0.29, 0.717) is 5.82 Å². The number of nitrogens with one attached hydrogen (secondary N) is 2. The molecule has 144 valence electrons. The van der Waals surface area contributed by atoms with Crippen molar-refractivity contribution in [1.82, 2.24) is 25.3 Å². The number of pyridine rings is 2. The lowest BCUT2D eigenvalue weighted by molar-refractivity contribution is 0.585. The van der Waals surface area contributed by atoms with Gasteiger partial charge in [0.15, 0.2) is 0 Å². The summed E-state index contributed by atoms with van der Waals surface area (Å²) in [6.07, 6.45) is 5.10. The minimum absolute atomic E-state index is 0.713. The van der Waals surface area contributed by atoms with Gasteiger partial charge in [0.2, 0.25) is 0 Å². The maximum absolute atomic E-state index is 4.92. The van der Waals surface area contributed by atoms with Gasteiger partial charge in [-0.3, -0.25) is 0 Å². The molecule has 7 heteroatoms. The Hall–Kier alpha value is -3.58. The number of piperazine rings is 1. The van der Waals surface area contributed by atoms with Gasteiger partial charge < -0.3 is 15.5 Å². The zero-order valence-corrected chi connectivity index (χ0v) is 15.9. The number of fused-ring (bicyclic) bond motifs is 1. The molecule has 0 bridgehead atoms. The number of hydrogen-bond acceptors (Lipinski definition) is 7. The molecule has 1 aliphatic heterocycles. The monoisotopic (exact) mass is 383 g/mol. The van der Waals surface area contributed by atoms with Crippen LogP contribution in [-0.2, 0) is 0 Å². The zero-order chi connectivity index (χ0) is 19.5. The summed E-state index contributed by atoms with van der Waals surface area (Å²) >= 11 is 0. The van der Waals surface area contributed by atoms with E-state index in [9.17, 15) is 0 Å². The fourth-order valence-corrected chi connectivity index (χ4v) is 3.61. The van der Waals surface area contributed by atoms with Crippen molar-refractivity contribution in [2.75, 3.05) is 36.4 Å². The van der Waals surface area contributed by atoms with Gasteiger partial charge in [-0.15, -0.1) is 0 Å². The maximum atomic E-state index is 4.92. The van der Waals surface area contributed by atoms with Gasteiger partial charge in [-0.2, -0.15) is 0 Å². The molecule has 0 atom stereocenters. The average molecular weight is 383 g/mol. The van der Waals surface area contributed by atoms with Crippen molar-refractivity contribution >= 4 is 28.2 Å². The minimum Gasteiger partial charge on any atom is -0.354 e. The first-order valence-electron chi connectivity index (χ1n) is 9.72. The summed E-state index contributed by atoms with van der Waals surface area (Å²) in [6.45, 7) is 3.87. The largest absolute Gasteiger partial charge is 0.354 e. The van der Waals surface area contributed by atoms with Crippen LogP contribution in [0.5, 0.6) is 0 Å². The van der Waals surface area contributed by atoms with Crippen molar-refractivity contribution in [3.05, 3.63) is 67.3 Å². The van der Waals surface area contributed by atoms with Crippen molar-refractivity contribution in [2.45, 2.75) is 0 Å². The highest BCUT2D eigenvalue weighted by molar-refractivity contribution is 5.96. The van der Waals surface area contributed by atoms with Crippen LogP contribution in [-0.4, -0.2) is 46.1 Å². The molecule has 1 fully saturated rings. The second kappa shape index (κ2) is 7.81. The molecule has 4 heterocycles. The van der Waals surface area contributed by atoms with E-state index in [4.69, 9.17) is 4.98 Å². The van der Waals surface area contributed by atoms with Crippen LogP contribution in [0.4, 0.5) is 17.5 Å². The molecule has 0 unspecified atom stereocenters. The Morgan fingerprint density at radius 1 is 0.897 bits per heavy atom. The van der Waals surface area contributed by atoms with E-state index in [1.165, 1.54) is 6.33 Å². The first-order valence-corrected chi connectivity index (χ1v) is 9.72. The van der Waals surface area contributed by atoms with E-state index >= 15 is 0 Å². The third kappa shape index (κ3) is 3.72. The van der Waals surface area contributed by atoms with Crippen LogP contribution in [0.25, 0.3) is 22.0 Å². The number of rotatable bonds is 4. The van der Waals surface area contributed by atoms with E-state index in [2.05, 4.69) is 48.7 Å². The smallest absolute Gasteiger partial charge is 0.134 e. The highest BCUT2D eigenvalue weighted by Crippen LogP contribution is 2.31. The summed E-state index contributed by atoms with van der Waals surface area (Å²) in [5.74, 6) is 2.45. The lowest BCUT2D eigenvalue weighted by Crippen LogP contribution is -2.43. The van der Waals surface area contributed by atoms with E-state index in [1.54, 1.807) is 6.20 Å². The first-order chi connectivity index (χ1) is 14.4. The molecule has 0 amide bonds. The summed E-state index contributed by atoms with van der Waals surface area (Å²) in [4.78, 5) is 20.0. The van der Waals surface area contributed by atoms with E-state index in [0.717, 1.165) is 59.8 Å². The Morgan fingerprint density at radius 2 is 1.79 bits per heavy atom. The minimum atomic E-state index is 0.713. The van der Waals surface area contributed by atoms with Crippen LogP contribution >= 0.6 is 0 Å². The Balaban J connectivity index is 1.58. The third-order valence-corrected chi connectivity index (χ3v) is 5.04. The standard InChI is InChI=1S/C22H21N7/c1-2-4-18-16(3-1)13-20(27-19-6-7-24-15-26-19)28-22(18)17-5-8-25-21(14-17)29-11-9-23-10-12-29/h1-8,13-15,23H,9-12H2,(H,24,26,27,28). The molecular formula is C22H21N7. The van der Waals surface area contributed by atoms with E-state index in [1.807, 2.05) is 36.5 Å². The average Bonchev–Trinajstić information content (AvgIpc) is 2.80. The van der Waals surface area contributed by atoms with Crippen molar-refractivity contribution < 1.29 is 0 Å². The topological polar surface area (TPSA) is 78.9 Å². The molecule has 2 N–H and O–H groups in total. The number of aromatic nitrogens is 4. The maximum Gasteiger partial charge on any atom is 0.134 e. The van der Waals surface area contributed by atoms with E-state index < -0.39 is 0 Å². The predicted octanol–water partition coefficient (Wildman–Crippen LogP) is 3.24. The molecule has 1 aliphatic rings. The zero-order valence-electron chi connectivity index (χ0n) is 15.9. The predicted molar refractivity (Wildman–Crippen MR) is 115 cm³/mol. The molecule has 1 saturated heterocycles. The second-order valence-corrected chi connectivity index (χ2v) is 6.94. The highest BCUT2D eigenvalue weighted by Gasteiger charge is 2.14. The third-order valence-electron chi connectivity index (χ3n) is 5.04. The highest BCUT2D eigenvalue weighted by atomic mass is 15.2. The molecule has 3 aromatic heterocycles. The summed E-state index contributed by atoms with van der Waals surface area (Å²) < 4.78 is 0. The molecule has 7 nitrogen and oxygen atoms in total. The van der Waals surface area contributed by atoms with Gasteiger partial charge in [0.1, 0.15) is 23.8 Å². The van der Waals surface area contributed by atoms with Crippen LogP contribution in [0.15, 0.2) is 67.3 Å². The molecule has 5 rings (SSSR count). The second-order valence-electron chi connectivity index (χ2n) is 6.94.